The smallest absolute Gasteiger partial charge is 0.322 e. The number of hydrogen-bond donors (Lipinski definition) is 18. The Kier molecular flexibility index (Phi) is 35.4. The van der Waals surface area contributed by atoms with E-state index in [4.69, 9.17) is 23.1 Å². The van der Waals surface area contributed by atoms with E-state index < -0.39 is 168 Å². The summed E-state index contributed by atoms with van der Waals surface area (Å²) in [6.45, 7) is 9.10. The molecule has 646 valence electrons. The molecule has 18 amide bonds. The molecule has 11 atom stereocenters. The number of hydrogen-bond acceptors (Lipinski definition) is 19. The number of pyridine rings is 1. The lowest BCUT2D eigenvalue weighted by atomic mass is 9.99. The number of amides is 18. The minimum atomic E-state index is -1.94. The number of aliphatic hydroxyl groups is 1. The molecule has 0 aliphatic carbocycles. The van der Waals surface area contributed by atoms with Crippen molar-refractivity contribution < 1.29 is 81.8 Å². The average Bonchev–Trinajstić information content (AvgIpc) is 1.74. The minimum absolute atomic E-state index is 0.00309. The van der Waals surface area contributed by atoms with Gasteiger partial charge in [-0.25, -0.2) is 9.59 Å². The topological polar surface area (TPSA) is 542 Å². The van der Waals surface area contributed by atoms with Crippen LogP contribution in [0.5, 0.6) is 0 Å². The molecule has 8 rings (SSSR count). The van der Waals surface area contributed by atoms with Crippen LogP contribution in [0.2, 0.25) is 5.02 Å². The van der Waals surface area contributed by atoms with Crippen LogP contribution in [0.4, 0.5) is 21.0 Å². The summed E-state index contributed by atoms with van der Waals surface area (Å²) in [5.74, 6) is -11.6. The molecule has 37 heteroatoms. The second-order valence-corrected chi connectivity index (χ2v) is 31.0. The first-order valence-corrected chi connectivity index (χ1v) is 40.2. The monoisotopic (exact) mass is 1690 g/mol. The Morgan fingerprint density at radius 2 is 1.04 bits per heavy atom. The Labute approximate surface area is 704 Å². The number of benzene rings is 5. The van der Waals surface area contributed by atoms with Gasteiger partial charge in [-0.1, -0.05) is 124 Å². The quantitative estimate of drug-likeness (QED) is 0.0233. The minimum Gasteiger partial charge on any atom is -0.394 e. The van der Waals surface area contributed by atoms with E-state index >= 15 is 28.8 Å². The summed E-state index contributed by atoms with van der Waals surface area (Å²) >= 11 is 6.27. The van der Waals surface area contributed by atoms with Gasteiger partial charge >= 0.3 is 12.1 Å². The van der Waals surface area contributed by atoms with Gasteiger partial charge in [0.2, 0.25) is 82.7 Å². The summed E-state index contributed by atoms with van der Waals surface area (Å²) in [6, 6.07) is 16.6. The molecule has 36 nitrogen and oxygen atoms in total. The van der Waals surface area contributed by atoms with Crippen molar-refractivity contribution in [2.24, 2.45) is 17.4 Å². The second-order valence-electron chi connectivity index (χ2n) is 30.5. The SMILES string of the molecule is CC(=O)N[C@H](Cc1ccc2ccccc2c1)C(=O)N[C@H](Cc1ccc(Cl)cc1)C(=O)N[C@H](Cc1cccnc1)C(=O)N[C@@H](CO)C(=O)N[C@@H](Cc1ccc(NC(=O)[C@@H]2CC(=O)NC(=O)N2)cc1)C(=O)N[C@H](Cc1ccc(NC(N)=O)cc1)C(=O)N[C@@H](CC(C)C)C(=O)N[C@@H](CCCCNC(=O)CNC(C)C)C(=O)N1CCC[C@H]1C(=O)N[C@H](C)C(N)=O. The zero-order valence-electron chi connectivity index (χ0n) is 68.0. The summed E-state index contributed by atoms with van der Waals surface area (Å²) in [7, 11) is 0. The Bertz CT molecular complexity index is 4680. The van der Waals surface area contributed by atoms with Crippen molar-refractivity contribution in [2.75, 3.05) is 36.9 Å². The number of unbranched alkanes of at least 4 members (excludes halogenated alkanes) is 1. The van der Waals surface area contributed by atoms with E-state index in [1.165, 1.54) is 79.7 Å². The number of primary amides is 2. The highest BCUT2D eigenvalue weighted by molar-refractivity contribution is 6.30. The lowest BCUT2D eigenvalue weighted by Crippen LogP contribution is -2.62. The van der Waals surface area contributed by atoms with Gasteiger partial charge in [-0.05, 0) is 132 Å². The van der Waals surface area contributed by atoms with Crippen molar-refractivity contribution in [3.05, 3.63) is 173 Å². The lowest BCUT2D eigenvalue weighted by molar-refractivity contribution is -0.142. The number of halogens is 1. The number of carbonyl (C=O) groups is 16. The van der Waals surface area contributed by atoms with E-state index in [9.17, 15) is 53.1 Å². The number of nitrogens with zero attached hydrogens (tertiary/aromatic N) is 2. The third kappa shape index (κ3) is 30.1. The predicted octanol–water partition coefficient (Wildman–Crippen LogP) is 0.631. The van der Waals surface area contributed by atoms with Crippen LogP contribution in [0.1, 0.15) is 114 Å². The van der Waals surface area contributed by atoms with Crippen LogP contribution < -0.4 is 91.2 Å². The van der Waals surface area contributed by atoms with Gasteiger partial charge in [0.1, 0.15) is 66.5 Å². The van der Waals surface area contributed by atoms with Crippen molar-refractivity contribution in [3.63, 3.8) is 0 Å². The first kappa shape index (κ1) is 93.5. The van der Waals surface area contributed by atoms with E-state index in [0.717, 1.165) is 10.8 Å². The second kappa shape index (κ2) is 45.8. The maximum atomic E-state index is 15.5. The molecule has 2 aliphatic rings. The van der Waals surface area contributed by atoms with Crippen LogP contribution in [0.15, 0.2) is 140 Å². The van der Waals surface area contributed by atoms with Gasteiger partial charge in [0.05, 0.1) is 19.6 Å². The van der Waals surface area contributed by atoms with Crippen LogP contribution >= 0.6 is 11.6 Å². The van der Waals surface area contributed by atoms with Gasteiger partial charge in [-0.3, -0.25) is 77.4 Å². The molecule has 20 N–H and O–H groups in total. The molecule has 2 aliphatic heterocycles. The highest BCUT2D eigenvalue weighted by atomic mass is 35.5. The molecule has 2 fully saturated rings. The van der Waals surface area contributed by atoms with Crippen LogP contribution in [0.3, 0.4) is 0 Å². The Hall–Kier alpha value is -13.0. The number of nitrogens with one attached hydrogen (secondary N) is 15. The van der Waals surface area contributed by atoms with Crippen molar-refractivity contribution in [1.29, 1.82) is 0 Å². The molecule has 0 bridgehead atoms. The fourth-order valence-electron chi connectivity index (χ4n) is 13.6. The number of likely N-dealkylation sites (tertiary alicyclic amines) is 1. The van der Waals surface area contributed by atoms with Gasteiger partial charge in [0, 0.05) is 87.0 Å². The first-order chi connectivity index (χ1) is 57.7. The van der Waals surface area contributed by atoms with Gasteiger partial charge in [0.15, 0.2) is 0 Å². The van der Waals surface area contributed by atoms with Crippen molar-refractivity contribution in [3.8, 4) is 0 Å². The Balaban J connectivity index is 1.10. The van der Waals surface area contributed by atoms with Gasteiger partial charge < -0.3 is 95.9 Å². The molecule has 121 heavy (non-hydrogen) atoms. The fourth-order valence-corrected chi connectivity index (χ4v) is 13.7. The van der Waals surface area contributed by atoms with E-state index in [-0.39, 0.29) is 112 Å². The number of carbonyl (C=O) groups excluding carboxylic acids is 16. The fraction of sp³-hybridized carbons (Fsp3) is 0.417. The number of urea groups is 2. The highest BCUT2D eigenvalue weighted by Crippen LogP contribution is 2.24. The number of imide groups is 1. The number of aromatic nitrogens is 1. The summed E-state index contributed by atoms with van der Waals surface area (Å²) < 4.78 is 0. The number of rotatable bonds is 43. The number of anilines is 2. The van der Waals surface area contributed by atoms with E-state index in [1.54, 1.807) is 50.2 Å². The van der Waals surface area contributed by atoms with Crippen molar-refractivity contribution in [1.82, 2.24) is 79.0 Å². The van der Waals surface area contributed by atoms with Gasteiger partial charge in [-0.2, -0.15) is 0 Å². The normalized spacial score (nSPS) is 15.9. The molecule has 0 unspecified atom stereocenters. The van der Waals surface area contributed by atoms with Crippen molar-refractivity contribution in [2.45, 2.75) is 191 Å². The largest absolute Gasteiger partial charge is 0.394 e. The van der Waals surface area contributed by atoms with Crippen LogP contribution in [0.25, 0.3) is 10.8 Å². The van der Waals surface area contributed by atoms with Crippen LogP contribution in [0, 0.1) is 5.92 Å². The molecule has 6 aromatic rings. The highest BCUT2D eigenvalue weighted by Gasteiger charge is 2.41. The van der Waals surface area contributed by atoms with Crippen molar-refractivity contribution >= 4 is 129 Å². The van der Waals surface area contributed by atoms with Crippen LogP contribution in [-0.2, 0) is 99.2 Å². The van der Waals surface area contributed by atoms with Gasteiger partial charge in [0.25, 0.3) is 0 Å². The first-order valence-electron chi connectivity index (χ1n) is 39.8. The third-order valence-electron chi connectivity index (χ3n) is 19.9. The number of nitrogens with two attached hydrogens (primary N) is 2. The molecule has 2 saturated heterocycles. The molecule has 1 aromatic heterocycles. The molecular formula is C84H106ClN19O17. The average molecular weight is 1690 g/mol. The number of aliphatic hydroxyl groups excluding tert-OH is 1. The third-order valence-corrected chi connectivity index (χ3v) is 20.1. The Morgan fingerprint density at radius 3 is 1.56 bits per heavy atom. The zero-order valence-corrected chi connectivity index (χ0v) is 68.8. The van der Waals surface area contributed by atoms with Gasteiger partial charge in [-0.15, -0.1) is 0 Å². The molecule has 0 saturated carbocycles. The maximum absolute atomic E-state index is 15.5. The zero-order chi connectivity index (χ0) is 88.0. The van der Waals surface area contributed by atoms with Crippen LogP contribution in [-0.4, -0.2) is 208 Å². The van der Waals surface area contributed by atoms with E-state index in [1.807, 2.05) is 61.6 Å². The van der Waals surface area contributed by atoms with E-state index in [0.29, 0.717) is 40.1 Å². The number of fused-ring (bicyclic) bond motifs is 1. The molecule has 3 heterocycles. The molecular weight excluding hydrogens is 1580 g/mol. The maximum Gasteiger partial charge on any atom is 0.322 e. The lowest BCUT2D eigenvalue weighted by Gasteiger charge is -2.31. The summed E-state index contributed by atoms with van der Waals surface area (Å²) in [4.78, 5) is 226. The Morgan fingerprint density at radius 1 is 0.545 bits per heavy atom. The summed E-state index contributed by atoms with van der Waals surface area (Å²) in [6.07, 6.45) is 2.27. The predicted molar refractivity (Wildman–Crippen MR) is 447 cm³/mol. The van der Waals surface area contributed by atoms with E-state index in [2.05, 4.69) is 79.4 Å². The summed E-state index contributed by atoms with van der Waals surface area (Å²) in [5, 5.41) is 52.8. The molecule has 0 radical (unpaired) electrons. The molecule has 0 spiro atoms. The summed E-state index contributed by atoms with van der Waals surface area (Å²) in [5.41, 5.74) is 13.5. The molecule has 5 aromatic carbocycles. The standard InChI is InChI=1S/C84H106ClN19O17/c1-46(2)35-61(74(111)95-60(16-9-10-33-89-71(108)44-90-47(3)4)82(119)104-34-12-17-69(104)81(118)91-48(5)72(86)109)96-76(113)64(38-52-23-30-59(31-24-52)94-83(87)120)98-78(115)65(39-51-21-28-58(29-22-51)93-73(110)67-42-70(107)103-84(121)102-67)100-80(117)68(45-105)101-79(116)66(41-54-13-11-32-88-43-54)99-77(114)63(37-50-19-26-57(85)27-20-50)97-75(112)62(92-49(6)106)40-53-18-25-55-14-7-8-15-56(55)36-53/h7-8,11,13-15,18-32,36,43,46-48,60-69,90,105H,9-10,12,16-17,33-35,37-42,44-45H2,1-6H3,(H2,86,109)(H,89,108)(H,91,118)(H,92,106)(H,93,110)(H,95,111)(H,96,113)(H,97,112)(H,98,115)(H,99,114)(H,100,117)(H,101,116)(H3,87,94,120)(H2,102,103,107,121)/t48-,60+,61+,62-,63-,64-,65+,66-,67+,68+,69+/m1/s1.